The molecule has 1 atom stereocenters. The van der Waals surface area contributed by atoms with Crippen molar-refractivity contribution in [2.45, 2.75) is 25.0 Å². The maximum absolute atomic E-state index is 13.5. The molecule has 8 nitrogen and oxygen atoms in total. The quantitative estimate of drug-likeness (QED) is 0.348. The fourth-order valence-electron chi connectivity index (χ4n) is 3.40. The zero-order chi connectivity index (χ0) is 23.3. The Morgan fingerprint density at radius 3 is 2.69 bits per heavy atom. The highest BCUT2D eigenvalue weighted by atomic mass is 35.5. The van der Waals surface area contributed by atoms with E-state index < -0.39 is 23.2 Å². The topological polar surface area (TPSA) is 119 Å². The fraction of sp³-hybridized carbons (Fsp3) is 0.318. The van der Waals surface area contributed by atoms with Crippen LogP contribution in [0.15, 0.2) is 42.5 Å². The van der Waals surface area contributed by atoms with Gasteiger partial charge in [0.25, 0.3) is 17.7 Å². The minimum atomic E-state index is -2.28. The molecule has 32 heavy (non-hydrogen) atoms. The lowest BCUT2D eigenvalue weighted by atomic mass is 10.0. The summed E-state index contributed by atoms with van der Waals surface area (Å²) in [4.78, 5) is 39.0. The van der Waals surface area contributed by atoms with Gasteiger partial charge in [0.2, 0.25) is 5.60 Å². The summed E-state index contributed by atoms with van der Waals surface area (Å²) < 4.78 is 13.5. The molecule has 0 saturated carbocycles. The smallest absolute Gasteiger partial charge is 0.268 e. The first kappa shape index (κ1) is 23.6. The van der Waals surface area contributed by atoms with Crippen LogP contribution in [-0.2, 0) is 16.1 Å². The van der Waals surface area contributed by atoms with E-state index in [2.05, 4.69) is 10.6 Å². The predicted octanol–water partition coefficient (Wildman–Crippen LogP) is 1.38. The van der Waals surface area contributed by atoms with Gasteiger partial charge in [-0.3, -0.25) is 14.4 Å². The van der Waals surface area contributed by atoms with Crippen LogP contribution in [0.3, 0.4) is 0 Å². The van der Waals surface area contributed by atoms with Crippen molar-refractivity contribution in [3.05, 3.63) is 64.4 Å². The second-order valence-corrected chi connectivity index (χ2v) is 7.85. The standard InChI is InChI=1S/C22H23ClFN3O5/c23-16-9-14(10-17(24)12-16)13-26-20(30)22(32)5-7-27(21(22)31)18-4-1-3-15(11-18)19(29)25-6-2-8-28/h1,3-4,9-12,28,32H,2,5-8,13H2,(H,25,29)(H,26,30). The summed E-state index contributed by atoms with van der Waals surface area (Å²) in [6, 6.07) is 10.0. The van der Waals surface area contributed by atoms with Gasteiger partial charge in [-0.1, -0.05) is 17.7 Å². The maximum Gasteiger partial charge on any atom is 0.268 e. The highest BCUT2D eigenvalue weighted by molar-refractivity contribution is 6.30. The van der Waals surface area contributed by atoms with Gasteiger partial charge in [-0.2, -0.15) is 0 Å². The minimum Gasteiger partial charge on any atom is -0.396 e. The molecule has 2 aromatic rings. The molecule has 2 aromatic carbocycles. The van der Waals surface area contributed by atoms with Crippen LogP contribution in [0.1, 0.15) is 28.8 Å². The second kappa shape index (κ2) is 10.1. The number of carbonyl (C=O) groups excluding carboxylic acids is 3. The second-order valence-electron chi connectivity index (χ2n) is 7.41. The summed E-state index contributed by atoms with van der Waals surface area (Å²) in [7, 11) is 0. The number of hydrogen-bond donors (Lipinski definition) is 4. The van der Waals surface area contributed by atoms with E-state index in [1.54, 1.807) is 18.2 Å². The van der Waals surface area contributed by atoms with Crippen LogP contribution in [0.2, 0.25) is 5.02 Å². The summed E-state index contributed by atoms with van der Waals surface area (Å²) in [6.07, 6.45) is 0.272. The van der Waals surface area contributed by atoms with Crippen molar-refractivity contribution < 1.29 is 29.0 Å². The third kappa shape index (κ3) is 5.24. The molecule has 1 fully saturated rings. The first-order valence-corrected chi connectivity index (χ1v) is 10.4. The molecule has 170 valence electrons. The van der Waals surface area contributed by atoms with Crippen molar-refractivity contribution in [3.63, 3.8) is 0 Å². The van der Waals surface area contributed by atoms with E-state index in [9.17, 15) is 23.9 Å². The molecule has 1 heterocycles. The molecule has 3 amide bonds. The minimum absolute atomic E-state index is 0.0461. The predicted molar refractivity (Wildman–Crippen MR) is 116 cm³/mol. The van der Waals surface area contributed by atoms with Crippen molar-refractivity contribution in [1.29, 1.82) is 0 Å². The molecule has 0 aliphatic carbocycles. The zero-order valence-corrected chi connectivity index (χ0v) is 17.9. The number of rotatable bonds is 8. The number of nitrogens with zero attached hydrogens (tertiary/aromatic N) is 1. The number of amides is 3. The zero-order valence-electron chi connectivity index (χ0n) is 17.1. The number of nitrogens with one attached hydrogen (secondary N) is 2. The number of carbonyl (C=O) groups is 3. The van der Waals surface area contributed by atoms with Gasteiger partial charge >= 0.3 is 0 Å². The molecule has 0 radical (unpaired) electrons. The van der Waals surface area contributed by atoms with E-state index >= 15 is 0 Å². The van der Waals surface area contributed by atoms with Crippen LogP contribution in [-0.4, -0.2) is 53.2 Å². The van der Waals surface area contributed by atoms with Gasteiger partial charge < -0.3 is 25.7 Å². The SMILES string of the molecule is O=C(NCCCO)c1cccc(N2CCC(O)(C(=O)NCc3cc(F)cc(Cl)c3)C2=O)c1. The van der Waals surface area contributed by atoms with E-state index in [-0.39, 0.29) is 37.0 Å². The Morgan fingerprint density at radius 1 is 1.19 bits per heavy atom. The molecule has 10 heteroatoms. The number of halogens is 2. The molecular weight excluding hydrogens is 441 g/mol. The molecular formula is C22H23ClFN3O5. The monoisotopic (exact) mass is 463 g/mol. The Morgan fingerprint density at radius 2 is 1.97 bits per heavy atom. The molecule has 1 aliphatic rings. The highest BCUT2D eigenvalue weighted by Gasteiger charge is 2.51. The lowest BCUT2D eigenvalue weighted by molar-refractivity contribution is -0.149. The van der Waals surface area contributed by atoms with Crippen LogP contribution in [0, 0.1) is 5.82 Å². The number of aliphatic hydroxyl groups excluding tert-OH is 1. The molecule has 1 aliphatic heterocycles. The fourth-order valence-corrected chi connectivity index (χ4v) is 3.65. The van der Waals surface area contributed by atoms with Crippen LogP contribution in [0.25, 0.3) is 0 Å². The summed E-state index contributed by atoms with van der Waals surface area (Å²) >= 11 is 5.80. The van der Waals surface area contributed by atoms with Crippen LogP contribution in [0.4, 0.5) is 10.1 Å². The van der Waals surface area contributed by atoms with Gasteiger partial charge in [0.15, 0.2) is 0 Å². The molecule has 3 rings (SSSR count). The summed E-state index contributed by atoms with van der Waals surface area (Å²) in [5.41, 5.74) is -1.23. The number of hydrogen-bond acceptors (Lipinski definition) is 5. The summed E-state index contributed by atoms with van der Waals surface area (Å²) in [5, 5.41) is 24.8. The lowest BCUT2D eigenvalue weighted by Crippen LogP contribution is -2.52. The van der Waals surface area contributed by atoms with E-state index in [4.69, 9.17) is 16.7 Å². The lowest BCUT2D eigenvalue weighted by Gasteiger charge is -2.22. The van der Waals surface area contributed by atoms with E-state index in [0.717, 1.165) is 6.07 Å². The van der Waals surface area contributed by atoms with Crippen LogP contribution >= 0.6 is 11.6 Å². The van der Waals surface area contributed by atoms with Crippen LogP contribution < -0.4 is 15.5 Å². The Labute approximate surface area is 189 Å². The highest BCUT2D eigenvalue weighted by Crippen LogP contribution is 2.29. The van der Waals surface area contributed by atoms with Crippen molar-refractivity contribution in [1.82, 2.24) is 10.6 Å². The van der Waals surface area contributed by atoms with Gasteiger partial charge in [0.05, 0.1) is 0 Å². The Balaban J connectivity index is 1.68. The van der Waals surface area contributed by atoms with E-state index in [1.807, 2.05) is 0 Å². The number of benzene rings is 2. The summed E-state index contributed by atoms with van der Waals surface area (Å²) in [5.74, 6) is -2.65. The molecule has 0 spiro atoms. The van der Waals surface area contributed by atoms with E-state index in [1.165, 1.54) is 23.1 Å². The molecule has 4 N–H and O–H groups in total. The first-order chi connectivity index (χ1) is 15.2. The Bertz CT molecular complexity index is 1010. The number of aliphatic hydroxyl groups is 2. The molecule has 1 saturated heterocycles. The average molecular weight is 464 g/mol. The average Bonchev–Trinajstić information content (AvgIpc) is 3.07. The number of anilines is 1. The maximum atomic E-state index is 13.5. The van der Waals surface area contributed by atoms with Crippen molar-refractivity contribution >= 4 is 35.0 Å². The van der Waals surface area contributed by atoms with Crippen LogP contribution in [0.5, 0.6) is 0 Å². The van der Waals surface area contributed by atoms with E-state index in [0.29, 0.717) is 29.8 Å². The largest absolute Gasteiger partial charge is 0.396 e. The first-order valence-electron chi connectivity index (χ1n) is 10.0. The normalized spacial score (nSPS) is 18.0. The molecule has 0 aromatic heterocycles. The van der Waals surface area contributed by atoms with Crippen molar-refractivity contribution in [3.8, 4) is 0 Å². The third-order valence-corrected chi connectivity index (χ3v) is 5.31. The van der Waals surface area contributed by atoms with Gasteiger partial charge in [0.1, 0.15) is 5.82 Å². The van der Waals surface area contributed by atoms with Crippen molar-refractivity contribution in [2.75, 3.05) is 24.6 Å². The van der Waals surface area contributed by atoms with Gasteiger partial charge in [-0.25, -0.2) is 4.39 Å². The summed E-state index contributed by atoms with van der Waals surface area (Å²) in [6.45, 7) is 0.216. The molecule has 0 bridgehead atoms. The Kier molecular flexibility index (Phi) is 7.44. The molecule has 1 unspecified atom stereocenters. The Hall–Kier alpha value is -3.01. The third-order valence-electron chi connectivity index (χ3n) is 5.09. The van der Waals surface area contributed by atoms with Gasteiger partial charge in [-0.15, -0.1) is 0 Å². The van der Waals surface area contributed by atoms with Gasteiger partial charge in [-0.05, 0) is 48.4 Å². The van der Waals surface area contributed by atoms with Gasteiger partial charge in [0, 0.05) is 48.9 Å². The van der Waals surface area contributed by atoms with Crippen molar-refractivity contribution in [2.24, 2.45) is 0 Å².